The second kappa shape index (κ2) is 11.9. The van der Waals surface area contributed by atoms with Crippen LogP contribution in [0.2, 0.25) is 5.02 Å². The van der Waals surface area contributed by atoms with E-state index in [1.807, 2.05) is 30.3 Å². The molecule has 4 heterocycles. The summed E-state index contributed by atoms with van der Waals surface area (Å²) in [5, 5.41) is 6.96. The molecule has 0 radical (unpaired) electrons. The Balaban J connectivity index is 1.20. The van der Waals surface area contributed by atoms with E-state index in [1.54, 1.807) is 43.0 Å². The highest BCUT2D eigenvalue weighted by molar-refractivity contribution is 6.31. The van der Waals surface area contributed by atoms with Crippen LogP contribution in [0.5, 0.6) is 0 Å². The summed E-state index contributed by atoms with van der Waals surface area (Å²) in [6.45, 7) is 0.243. The summed E-state index contributed by atoms with van der Waals surface area (Å²) >= 11 is 5.97. The lowest BCUT2D eigenvalue weighted by molar-refractivity contribution is -0.148. The molecular formula is C33H25ClFN7O3. The van der Waals surface area contributed by atoms with E-state index >= 15 is 0 Å². The van der Waals surface area contributed by atoms with Crippen LogP contribution in [0.25, 0.3) is 22.5 Å². The second-order valence-electron chi connectivity index (χ2n) is 10.6. The fraction of sp³-hybridized carbons (Fsp3) is 0.152. The SMILES string of the molecule is O=C(Nc1ccc(-c2ncc[nH]2)cc1)C1c2cccc(-c3cncnc3)c2CCN1C(=O)C1CC(c2cccc(Cl)c2F)=NO1. The van der Waals surface area contributed by atoms with Crippen LogP contribution in [0, 0.1) is 5.82 Å². The van der Waals surface area contributed by atoms with Gasteiger partial charge in [-0.25, -0.2) is 19.3 Å². The van der Waals surface area contributed by atoms with Crippen molar-refractivity contribution in [2.75, 3.05) is 11.9 Å². The Labute approximate surface area is 262 Å². The highest BCUT2D eigenvalue weighted by atomic mass is 35.5. The van der Waals surface area contributed by atoms with Gasteiger partial charge in [0.1, 0.15) is 18.2 Å². The van der Waals surface area contributed by atoms with Crippen molar-refractivity contribution in [2.24, 2.45) is 5.16 Å². The van der Waals surface area contributed by atoms with Crippen LogP contribution < -0.4 is 5.32 Å². The number of rotatable bonds is 6. The molecule has 2 aliphatic heterocycles. The van der Waals surface area contributed by atoms with Gasteiger partial charge in [-0.1, -0.05) is 41.0 Å². The number of carbonyl (C=O) groups is 2. The number of fused-ring (bicyclic) bond motifs is 1. The summed E-state index contributed by atoms with van der Waals surface area (Å²) in [6, 6.07) is 16.5. The molecule has 3 aromatic carbocycles. The average Bonchev–Trinajstić information content (AvgIpc) is 3.79. The lowest BCUT2D eigenvalue weighted by Crippen LogP contribution is -2.49. The minimum Gasteiger partial charge on any atom is -0.382 e. The molecule has 2 aliphatic rings. The van der Waals surface area contributed by atoms with Crippen molar-refractivity contribution in [1.29, 1.82) is 0 Å². The second-order valence-corrected chi connectivity index (χ2v) is 11.0. The smallest absolute Gasteiger partial charge is 0.267 e. The first kappa shape index (κ1) is 28.4. The number of aromatic nitrogens is 4. The molecule has 45 heavy (non-hydrogen) atoms. The number of carbonyl (C=O) groups excluding carboxylic acids is 2. The number of H-pyrrole nitrogens is 1. The van der Waals surface area contributed by atoms with Crippen LogP contribution in [0.4, 0.5) is 10.1 Å². The number of hydrogen-bond acceptors (Lipinski definition) is 7. The highest BCUT2D eigenvalue weighted by Crippen LogP contribution is 2.38. The maximum Gasteiger partial charge on any atom is 0.267 e. The predicted molar refractivity (Wildman–Crippen MR) is 166 cm³/mol. The third kappa shape index (κ3) is 5.42. The van der Waals surface area contributed by atoms with Gasteiger partial charge in [-0.05, 0) is 59.5 Å². The Hall–Kier alpha value is -5.42. The summed E-state index contributed by atoms with van der Waals surface area (Å²) < 4.78 is 14.7. The lowest BCUT2D eigenvalue weighted by atomic mass is 9.86. The van der Waals surface area contributed by atoms with E-state index in [0.29, 0.717) is 23.5 Å². The minimum atomic E-state index is -1.03. The van der Waals surface area contributed by atoms with E-state index in [2.05, 4.69) is 30.4 Å². The monoisotopic (exact) mass is 621 g/mol. The molecule has 2 amide bonds. The zero-order chi connectivity index (χ0) is 30.9. The molecular weight excluding hydrogens is 597 g/mol. The number of benzene rings is 3. The molecule has 2 unspecified atom stereocenters. The van der Waals surface area contributed by atoms with E-state index in [9.17, 15) is 14.0 Å². The van der Waals surface area contributed by atoms with E-state index in [4.69, 9.17) is 16.4 Å². The molecule has 0 saturated carbocycles. The maximum absolute atomic E-state index is 14.7. The number of nitrogens with one attached hydrogen (secondary N) is 2. The summed E-state index contributed by atoms with van der Waals surface area (Å²) in [4.78, 5) is 50.8. The Morgan fingerprint density at radius 3 is 2.56 bits per heavy atom. The molecule has 7 rings (SSSR count). The van der Waals surface area contributed by atoms with Crippen molar-refractivity contribution in [2.45, 2.75) is 25.0 Å². The number of aromatic amines is 1. The third-order valence-corrected chi connectivity index (χ3v) is 8.25. The van der Waals surface area contributed by atoms with E-state index in [0.717, 1.165) is 22.3 Å². The van der Waals surface area contributed by atoms with Crippen molar-refractivity contribution in [3.8, 4) is 22.5 Å². The number of hydrogen-bond donors (Lipinski definition) is 2. The molecule has 0 bridgehead atoms. The molecule has 0 fully saturated rings. The summed E-state index contributed by atoms with van der Waals surface area (Å²) in [5.41, 5.74) is 5.16. The molecule has 5 aromatic rings. The number of oxime groups is 1. The van der Waals surface area contributed by atoms with Crippen molar-refractivity contribution >= 4 is 34.8 Å². The minimum absolute atomic E-state index is 0.0312. The van der Waals surface area contributed by atoms with Gasteiger partial charge in [0.05, 0.1) is 10.7 Å². The Bertz CT molecular complexity index is 1920. The zero-order valence-electron chi connectivity index (χ0n) is 23.7. The molecule has 224 valence electrons. The van der Waals surface area contributed by atoms with Gasteiger partial charge in [0.25, 0.3) is 11.8 Å². The van der Waals surface area contributed by atoms with Crippen LogP contribution in [-0.2, 0) is 20.8 Å². The normalized spacial score (nSPS) is 17.3. The van der Waals surface area contributed by atoms with Crippen LogP contribution in [-0.4, -0.2) is 55.0 Å². The zero-order valence-corrected chi connectivity index (χ0v) is 24.4. The van der Waals surface area contributed by atoms with Crippen molar-refractivity contribution < 1.29 is 18.8 Å². The van der Waals surface area contributed by atoms with Gasteiger partial charge in [0.2, 0.25) is 6.10 Å². The van der Waals surface area contributed by atoms with Crippen LogP contribution in [0.15, 0.2) is 96.9 Å². The molecule has 0 spiro atoms. The van der Waals surface area contributed by atoms with Gasteiger partial charge >= 0.3 is 0 Å². The van der Waals surface area contributed by atoms with E-state index in [-0.39, 0.29) is 29.3 Å². The van der Waals surface area contributed by atoms with E-state index < -0.39 is 29.8 Å². The lowest BCUT2D eigenvalue weighted by Gasteiger charge is -2.38. The fourth-order valence-electron chi connectivity index (χ4n) is 5.82. The van der Waals surface area contributed by atoms with Crippen molar-refractivity contribution in [1.82, 2.24) is 24.8 Å². The standard InChI is InChI=1S/C33H25ClFN7O3/c34-26-6-2-5-25(29(26)35)27-15-28(45-41-27)33(44)42-14-11-23-22(20-16-36-18-37-17-20)3-1-4-24(23)30(42)32(43)40-21-9-7-19(8-10-21)31-38-12-13-39-31/h1-10,12-13,16-18,28,30H,11,14-15H2,(H,38,39)(H,40,43). The van der Waals surface area contributed by atoms with Crippen LogP contribution >= 0.6 is 11.6 Å². The number of nitrogens with zero attached hydrogens (tertiary/aromatic N) is 5. The first-order valence-electron chi connectivity index (χ1n) is 14.2. The van der Waals surface area contributed by atoms with Gasteiger partial charge in [-0.3, -0.25) is 9.59 Å². The molecule has 2 atom stereocenters. The largest absolute Gasteiger partial charge is 0.382 e. The fourth-order valence-corrected chi connectivity index (χ4v) is 6.00. The van der Waals surface area contributed by atoms with Crippen LogP contribution in [0.1, 0.15) is 29.2 Å². The molecule has 10 nitrogen and oxygen atoms in total. The van der Waals surface area contributed by atoms with Gasteiger partial charge < -0.3 is 20.0 Å². The number of halogens is 2. The van der Waals surface area contributed by atoms with Gasteiger partial charge in [0.15, 0.2) is 5.82 Å². The van der Waals surface area contributed by atoms with Gasteiger partial charge in [0, 0.05) is 60.1 Å². The van der Waals surface area contributed by atoms with Gasteiger partial charge in [-0.2, -0.15) is 0 Å². The van der Waals surface area contributed by atoms with E-state index in [1.165, 1.54) is 23.4 Å². The molecule has 0 saturated heterocycles. The molecule has 0 aliphatic carbocycles. The first-order chi connectivity index (χ1) is 22.0. The van der Waals surface area contributed by atoms with Crippen molar-refractivity contribution in [3.05, 3.63) is 119 Å². The third-order valence-electron chi connectivity index (χ3n) is 7.96. The van der Waals surface area contributed by atoms with Crippen molar-refractivity contribution in [3.63, 3.8) is 0 Å². The quantitative estimate of drug-likeness (QED) is 0.255. The number of anilines is 1. The maximum atomic E-state index is 14.7. The summed E-state index contributed by atoms with van der Waals surface area (Å²) in [7, 11) is 0. The predicted octanol–water partition coefficient (Wildman–Crippen LogP) is 5.58. The Kier molecular flexibility index (Phi) is 7.52. The Morgan fingerprint density at radius 1 is 1.00 bits per heavy atom. The van der Waals surface area contributed by atoms with Gasteiger partial charge in [-0.15, -0.1) is 0 Å². The topological polar surface area (TPSA) is 125 Å². The number of amides is 2. The average molecular weight is 622 g/mol. The Morgan fingerprint density at radius 2 is 1.78 bits per heavy atom. The molecule has 12 heteroatoms. The summed E-state index contributed by atoms with van der Waals surface area (Å²) in [5.74, 6) is -0.742. The highest BCUT2D eigenvalue weighted by Gasteiger charge is 2.42. The molecule has 2 aromatic heterocycles. The first-order valence-corrected chi connectivity index (χ1v) is 14.6. The summed E-state index contributed by atoms with van der Waals surface area (Å²) in [6.07, 6.45) is 7.78. The van der Waals surface area contributed by atoms with Crippen LogP contribution in [0.3, 0.4) is 0 Å². The molecule has 2 N–H and O–H groups in total. The number of imidazole rings is 1.